The second-order valence-electron chi connectivity index (χ2n) is 7.69. The summed E-state index contributed by atoms with van der Waals surface area (Å²) in [6.45, 7) is 4.23. The average molecular weight is 484 g/mol. The van der Waals surface area contributed by atoms with Crippen LogP contribution in [0.25, 0.3) is 11.3 Å². The van der Waals surface area contributed by atoms with Crippen molar-refractivity contribution in [2.24, 2.45) is 0 Å². The normalized spacial score (nSPS) is 14.3. The molecular formula is C22H25N7O4S. The van der Waals surface area contributed by atoms with Crippen LogP contribution in [0.15, 0.2) is 43.0 Å². The molecule has 178 valence electrons. The van der Waals surface area contributed by atoms with Crippen molar-refractivity contribution >= 4 is 21.9 Å². The Hall–Kier alpha value is -3.67. The SMILES string of the molecule is CCOc1cncc(-c2ccc(C(=O)NC(CC)c3ccnc(NS(=O)(=O)C4CC4)n3)nc2)n1. The number of nitrogens with one attached hydrogen (secondary N) is 2. The lowest BCUT2D eigenvalue weighted by molar-refractivity contribution is 0.0929. The van der Waals surface area contributed by atoms with Crippen LogP contribution in [0.1, 0.15) is 55.3 Å². The van der Waals surface area contributed by atoms with Crippen LogP contribution in [0.4, 0.5) is 5.95 Å². The molecule has 0 bridgehead atoms. The third kappa shape index (κ3) is 5.63. The molecule has 1 aliphatic rings. The minimum Gasteiger partial charge on any atom is -0.477 e. The second-order valence-corrected chi connectivity index (χ2v) is 9.65. The van der Waals surface area contributed by atoms with Crippen LogP contribution in [0.2, 0.25) is 0 Å². The average Bonchev–Trinajstić information content (AvgIpc) is 3.69. The van der Waals surface area contributed by atoms with Gasteiger partial charge in [-0.2, -0.15) is 0 Å². The molecule has 0 aromatic carbocycles. The Morgan fingerprint density at radius 2 is 1.94 bits per heavy atom. The minimum atomic E-state index is -3.48. The first-order valence-corrected chi connectivity index (χ1v) is 12.5. The maximum atomic E-state index is 12.8. The highest BCUT2D eigenvalue weighted by Gasteiger charge is 2.36. The van der Waals surface area contributed by atoms with Crippen molar-refractivity contribution < 1.29 is 17.9 Å². The summed E-state index contributed by atoms with van der Waals surface area (Å²) in [5.41, 5.74) is 2.00. The molecule has 1 fully saturated rings. The predicted molar refractivity (Wildman–Crippen MR) is 125 cm³/mol. The molecular weight excluding hydrogens is 458 g/mol. The summed E-state index contributed by atoms with van der Waals surface area (Å²) in [6.07, 6.45) is 7.95. The molecule has 12 heteroatoms. The molecule has 3 aromatic heterocycles. The number of anilines is 1. The fraction of sp³-hybridized carbons (Fsp3) is 0.364. The van der Waals surface area contributed by atoms with Gasteiger partial charge in [0, 0.05) is 18.0 Å². The van der Waals surface area contributed by atoms with Crippen molar-refractivity contribution in [3.63, 3.8) is 0 Å². The van der Waals surface area contributed by atoms with Gasteiger partial charge in [-0.3, -0.25) is 19.5 Å². The van der Waals surface area contributed by atoms with Gasteiger partial charge in [0.2, 0.25) is 21.9 Å². The van der Waals surface area contributed by atoms with E-state index >= 15 is 0 Å². The number of carbonyl (C=O) groups is 1. The van der Waals surface area contributed by atoms with Gasteiger partial charge in [-0.25, -0.2) is 23.4 Å². The molecule has 0 aliphatic heterocycles. The molecule has 11 nitrogen and oxygen atoms in total. The molecule has 3 aromatic rings. The van der Waals surface area contributed by atoms with Crippen LogP contribution in [-0.4, -0.2) is 51.1 Å². The van der Waals surface area contributed by atoms with Crippen LogP contribution < -0.4 is 14.8 Å². The minimum absolute atomic E-state index is 0.00466. The maximum absolute atomic E-state index is 12.8. The molecule has 2 N–H and O–H groups in total. The number of sulfonamides is 1. The topological polar surface area (TPSA) is 149 Å². The Bertz CT molecular complexity index is 1260. The molecule has 34 heavy (non-hydrogen) atoms. The van der Waals surface area contributed by atoms with E-state index in [1.807, 2.05) is 13.8 Å². The van der Waals surface area contributed by atoms with Gasteiger partial charge in [0.1, 0.15) is 5.69 Å². The van der Waals surface area contributed by atoms with Crippen LogP contribution >= 0.6 is 0 Å². The maximum Gasteiger partial charge on any atom is 0.270 e. The van der Waals surface area contributed by atoms with Gasteiger partial charge >= 0.3 is 0 Å². The van der Waals surface area contributed by atoms with Crippen LogP contribution in [0.3, 0.4) is 0 Å². The highest BCUT2D eigenvalue weighted by molar-refractivity contribution is 7.93. The van der Waals surface area contributed by atoms with E-state index in [2.05, 4.69) is 35.0 Å². The van der Waals surface area contributed by atoms with Gasteiger partial charge in [0.25, 0.3) is 5.91 Å². The zero-order chi connectivity index (χ0) is 24.1. The van der Waals surface area contributed by atoms with Crippen molar-refractivity contribution in [3.05, 3.63) is 54.4 Å². The smallest absolute Gasteiger partial charge is 0.270 e. The Kier molecular flexibility index (Phi) is 6.96. The first-order valence-electron chi connectivity index (χ1n) is 11.0. The number of amides is 1. The van der Waals surface area contributed by atoms with E-state index in [9.17, 15) is 13.2 Å². The van der Waals surface area contributed by atoms with Gasteiger partial charge < -0.3 is 10.1 Å². The van der Waals surface area contributed by atoms with Crippen molar-refractivity contribution in [2.45, 2.75) is 44.4 Å². The van der Waals surface area contributed by atoms with Crippen molar-refractivity contribution in [1.82, 2.24) is 30.2 Å². The van der Waals surface area contributed by atoms with Crippen LogP contribution in [0, 0.1) is 0 Å². The lowest BCUT2D eigenvalue weighted by Gasteiger charge is -2.17. The summed E-state index contributed by atoms with van der Waals surface area (Å²) >= 11 is 0. The fourth-order valence-corrected chi connectivity index (χ4v) is 4.48. The summed E-state index contributed by atoms with van der Waals surface area (Å²) < 4.78 is 32.1. The number of rotatable bonds is 10. The molecule has 0 saturated heterocycles. The highest BCUT2D eigenvalue weighted by Crippen LogP contribution is 2.29. The number of hydrogen-bond donors (Lipinski definition) is 2. The number of hydrogen-bond acceptors (Lipinski definition) is 9. The number of aromatic nitrogens is 5. The molecule has 0 spiro atoms. The monoisotopic (exact) mass is 483 g/mol. The quantitative estimate of drug-likeness (QED) is 0.443. The van der Waals surface area contributed by atoms with Crippen molar-refractivity contribution in [3.8, 4) is 17.1 Å². The van der Waals surface area contributed by atoms with E-state index in [4.69, 9.17) is 4.74 Å². The van der Waals surface area contributed by atoms with Crippen LogP contribution in [0.5, 0.6) is 5.88 Å². The molecule has 1 aliphatic carbocycles. The molecule has 4 rings (SSSR count). The Balaban J connectivity index is 1.45. The Labute approximate surface area is 197 Å². The lowest BCUT2D eigenvalue weighted by Crippen LogP contribution is -2.29. The highest BCUT2D eigenvalue weighted by atomic mass is 32.2. The standard InChI is InChI=1S/C22H25N7O4S/c1-3-16(17-9-10-24-22(28-17)29-34(31,32)15-6-7-15)27-21(30)18-8-5-14(11-25-18)19-12-23-13-20(26-19)33-4-2/h5,8-13,15-16H,3-4,6-7H2,1-2H3,(H,27,30)(H,24,28,29). The third-order valence-corrected chi connectivity index (χ3v) is 6.96. The van der Waals surface area contributed by atoms with Crippen LogP contribution in [-0.2, 0) is 10.0 Å². The zero-order valence-electron chi connectivity index (χ0n) is 18.8. The molecule has 1 saturated carbocycles. The molecule has 0 radical (unpaired) electrons. The van der Waals surface area contributed by atoms with Gasteiger partial charge in [0.15, 0.2) is 0 Å². The summed E-state index contributed by atoms with van der Waals surface area (Å²) in [7, 11) is -3.48. The predicted octanol–water partition coefficient (Wildman–Crippen LogP) is 2.51. The van der Waals surface area contributed by atoms with Crippen molar-refractivity contribution in [1.29, 1.82) is 0 Å². The molecule has 1 amide bonds. The van der Waals surface area contributed by atoms with E-state index in [0.29, 0.717) is 48.7 Å². The summed E-state index contributed by atoms with van der Waals surface area (Å²) in [6, 6.07) is 4.53. The fourth-order valence-electron chi connectivity index (χ4n) is 3.21. The number of carbonyl (C=O) groups excluding carboxylic acids is 1. The van der Waals surface area contributed by atoms with Crippen molar-refractivity contribution in [2.75, 3.05) is 11.3 Å². The van der Waals surface area contributed by atoms with E-state index in [0.717, 1.165) is 0 Å². The summed E-state index contributed by atoms with van der Waals surface area (Å²) in [5, 5.41) is 2.51. The van der Waals surface area contributed by atoms with E-state index in [1.54, 1.807) is 30.6 Å². The van der Waals surface area contributed by atoms with E-state index < -0.39 is 16.1 Å². The molecule has 3 heterocycles. The number of pyridine rings is 1. The first-order chi connectivity index (χ1) is 16.4. The Morgan fingerprint density at radius 3 is 2.62 bits per heavy atom. The van der Waals surface area contributed by atoms with Gasteiger partial charge in [0.05, 0.1) is 41.7 Å². The summed E-state index contributed by atoms with van der Waals surface area (Å²) in [5.74, 6) is 0.0255. The Morgan fingerprint density at radius 1 is 1.12 bits per heavy atom. The van der Waals surface area contributed by atoms with Gasteiger partial charge in [-0.15, -0.1) is 0 Å². The zero-order valence-corrected chi connectivity index (χ0v) is 19.6. The third-order valence-electron chi connectivity index (χ3n) is 5.14. The van der Waals surface area contributed by atoms with Gasteiger partial charge in [-0.05, 0) is 44.4 Å². The van der Waals surface area contributed by atoms with E-state index in [-0.39, 0.29) is 22.8 Å². The second kappa shape index (κ2) is 10.1. The largest absolute Gasteiger partial charge is 0.477 e. The molecule has 1 atom stereocenters. The number of ether oxygens (including phenoxy) is 1. The first kappa shape index (κ1) is 23.5. The van der Waals surface area contributed by atoms with Gasteiger partial charge in [-0.1, -0.05) is 6.92 Å². The number of nitrogens with zero attached hydrogens (tertiary/aromatic N) is 5. The molecule has 1 unspecified atom stereocenters. The summed E-state index contributed by atoms with van der Waals surface area (Å²) in [4.78, 5) is 33.8. The van der Waals surface area contributed by atoms with E-state index in [1.165, 1.54) is 12.4 Å². The lowest BCUT2D eigenvalue weighted by atomic mass is 10.1.